The van der Waals surface area contributed by atoms with Gasteiger partial charge in [0.2, 0.25) is 0 Å². The van der Waals surface area contributed by atoms with Gasteiger partial charge in [0.15, 0.2) is 0 Å². The zero-order chi connectivity index (χ0) is 19.0. The molecule has 27 heavy (non-hydrogen) atoms. The first-order valence-electron chi connectivity index (χ1n) is 8.22. The Morgan fingerprint density at radius 2 is 1.78 bits per heavy atom. The maximum atomic E-state index is 11.5. The van der Waals surface area contributed by atoms with E-state index in [0.29, 0.717) is 10.2 Å². The first-order chi connectivity index (χ1) is 13.1. The standard InChI is InChI=1S/C21H16N2O3S/c1-26-14-9-7-12(8-10-14)15-11-16(13-5-3-2-4-6-13)23-20-17(15)18(22)19(27-20)21(24)25/h2-11H,22H2,1H3,(H,24,25)/p-1. The zero-order valence-electron chi connectivity index (χ0n) is 14.4. The number of carbonyl (C=O) groups is 1. The minimum Gasteiger partial charge on any atom is -0.544 e. The van der Waals surface area contributed by atoms with Crippen LogP contribution >= 0.6 is 11.3 Å². The lowest BCUT2D eigenvalue weighted by Crippen LogP contribution is -2.21. The first kappa shape index (κ1) is 17.1. The summed E-state index contributed by atoms with van der Waals surface area (Å²) in [5, 5.41) is 12.1. The Balaban J connectivity index is 2.02. The van der Waals surface area contributed by atoms with Gasteiger partial charge in [0, 0.05) is 10.9 Å². The van der Waals surface area contributed by atoms with E-state index < -0.39 is 5.97 Å². The average Bonchev–Trinajstić information content (AvgIpc) is 3.05. The van der Waals surface area contributed by atoms with Crippen LogP contribution in [0.1, 0.15) is 9.67 Å². The van der Waals surface area contributed by atoms with E-state index in [2.05, 4.69) is 4.98 Å². The minimum atomic E-state index is -1.29. The normalized spacial score (nSPS) is 10.9. The van der Waals surface area contributed by atoms with E-state index in [4.69, 9.17) is 10.5 Å². The number of aromatic carboxylic acids is 1. The molecule has 0 spiro atoms. The molecule has 0 amide bonds. The van der Waals surface area contributed by atoms with E-state index >= 15 is 0 Å². The number of benzene rings is 2. The highest BCUT2D eigenvalue weighted by atomic mass is 32.1. The van der Waals surface area contributed by atoms with E-state index in [9.17, 15) is 9.90 Å². The molecule has 4 rings (SSSR count). The van der Waals surface area contributed by atoms with Gasteiger partial charge in [0.25, 0.3) is 0 Å². The summed E-state index contributed by atoms with van der Waals surface area (Å²) in [5.74, 6) is -0.557. The third-order valence-electron chi connectivity index (χ3n) is 4.35. The van der Waals surface area contributed by atoms with Gasteiger partial charge in [-0.1, -0.05) is 42.5 Å². The van der Waals surface area contributed by atoms with Crippen molar-refractivity contribution in [2.24, 2.45) is 0 Å². The number of anilines is 1. The highest BCUT2D eigenvalue weighted by Gasteiger charge is 2.18. The summed E-state index contributed by atoms with van der Waals surface area (Å²) < 4.78 is 5.22. The number of ether oxygens (including phenoxy) is 1. The Hall–Kier alpha value is -3.38. The molecular formula is C21H15N2O3S-. The number of thiophene rings is 1. The molecule has 0 fully saturated rings. The molecule has 0 aliphatic rings. The summed E-state index contributed by atoms with van der Waals surface area (Å²) >= 11 is 1.03. The summed E-state index contributed by atoms with van der Waals surface area (Å²) in [6.45, 7) is 0. The van der Waals surface area contributed by atoms with Crippen LogP contribution in [0.4, 0.5) is 5.69 Å². The largest absolute Gasteiger partial charge is 0.544 e. The second kappa shape index (κ2) is 6.74. The second-order valence-electron chi connectivity index (χ2n) is 5.96. The molecular weight excluding hydrogens is 360 g/mol. The van der Waals surface area contributed by atoms with Crippen LogP contribution < -0.4 is 15.6 Å². The van der Waals surface area contributed by atoms with Gasteiger partial charge in [0.1, 0.15) is 10.6 Å². The van der Waals surface area contributed by atoms with Gasteiger partial charge in [-0.05, 0) is 29.3 Å². The predicted octanol–water partition coefficient (Wildman–Crippen LogP) is 3.58. The lowest BCUT2D eigenvalue weighted by atomic mass is 9.99. The van der Waals surface area contributed by atoms with E-state index in [1.54, 1.807) is 7.11 Å². The number of carboxylic acid groups (broad SMARTS) is 1. The van der Waals surface area contributed by atoms with Crippen LogP contribution in [0, 0.1) is 0 Å². The van der Waals surface area contributed by atoms with Crippen LogP contribution in [0.15, 0.2) is 60.7 Å². The number of aromatic nitrogens is 1. The van der Waals surface area contributed by atoms with Gasteiger partial charge < -0.3 is 20.4 Å². The molecule has 0 bridgehead atoms. The number of methoxy groups -OCH3 is 1. The van der Waals surface area contributed by atoms with Crippen LogP contribution in [0.2, 0.25) is 0 Å². The quantitative estimate of drug-likeness (QED) is 0.589. The molecule has 5 nitrogen and oxygen atoms in total. The molecule has 6 heteroatoms. The number of nitrogens with zero attached hydrogens (tertiary/aromatic N) is 1. The number of fused-ring (bicyclic) bond motifs is 1. The Morgan fingerprint density at radius 3 is 2.41 bits per heavy atom. The summed E-state index contributed by atoms with van der Waals surface area (Å²) in [6, 6.07) is 19.2. The van der Waals surface area contributed by atoms with Gasteiger partial charge in [-0.3, -0.25) is 0 Å². The molecule has 2 aromatic carbocycles. The van der Waals surface area contributed by atoms with Crippen molar-refractivity contribution >= 4 is 33.2 Å². The third kappa shape index (κ3) is 3.00. The predicted molar refractivity (Wildman–Crippen MR) is 106 cm³/mol. The monoisotopic (exact) mass is 375 g/mol. The van der Waals surface area contributed by atoms with Gasteiger partial charge in [0.05, 0.1) is 29.3 Å². The van der Waals surface area contributed by atoms with Crippen LogP contribution in [0.25, 0.3) is 32.6 Å². The van der Waals surface area contributed by atoms with Crippen LogP contribution in [-0.2, 0) is 0 Å². The van der Waals surface area contributed by atoms with Crippen molar-refractivity contribution < 1.29 is 14.6 Å². The van der Waals surface area contributed by atoms with Gasteiger partial charge in [-0.15, -0.1) is 11.3 Å². The van der Waals surface area contributed by atoms with Gasteiger partial charge in [-0.2, -0.15) is 0 Å². The minimum absolute atomic E-state index is 0.00234. The number of nitrogens with two attached hydrogens (primary N) is 1. The Morgan fingerprint density at radius 1 is 1.07 bits per heavy atom. The van der Waals surface area contributed by atoms with Crippen molar-refractivity contribution in [1.82, 2.24) is 4.98 Å². The smallest absolute Gasteiger partial charge is 0.127 e. The summed E-state index contributed by atoms with van der Waals surface area (Å²) in [4.78, 5) is 16.7. The SMILES string of the molecule is COc1ccc(-c2cc(-c3ccccc3)nc3sc(C(=O)[O-])c(N)c23)cc1. The number of hydrogen-bond acceptors (Lipinski definition) is 6. The van der Waals surface area contributed by atoms with E-state index in [1.807, 2.05) is 60.7 Å². The summed E-state index contributed by atoms with van der Waals surface area (Å²) in [5.41, 5.74) is 9.75. The Kier molecular flexibility index (Phi) is 4.25. The molecule has 0 aliphatic heterocycles. The lowest BCUT2D eigenvalue weighted by Gasteiger charge is -2.10. The highest BCUT2D eigenvalue weighted by molar-refractivity contribution is 7.21. The molecule has 0 unspecified atom stereocenters. The maximum absolute atomic E-state index is 11.5. The molecule has 134 valence electrons. The number of rotatable bonds is 4. The molecule has 4 aromatic rings. The summed E-state index contributed by atoms with van der Waals surface area (Å²) in [7, 11) is 1.61. The molecule has 0 radical (unpaired) electrons. The molecule has 0 atom stereocenters. The number of carbonyl (C=O) groups excluding carboxylic acids is 1. The molecule has 0 aliphatic carbocycles. The lowest BCUT2D eigenvalue weighted by molar-refractivity contribution is -0.254. The number of nitrogen functional groups attached to an aromatic ring is 1. The fraction of sp³-hybridized carbons (Fsp3) is 0.0476. The third-order valence-corrected chi connectivity index (χ3v) is 5.43. The fourth-order valence-corrected chi connectivity index (χ4v) is 3.98. The first-order valence-corrected chi connectivity index (χ1v) is 9.04. The van der Waals surface area contributed by atoms with Gasteiger partial charge >= 0.3 is 0 Å². The van der Waals surface area contributed by atoms with Crippen molar-refractivity contribution in [3.05, 3.63) is 65.5 Å². The molecule has 0 saturated carbocycles. The number of carboxylic acids is 1. The van der Waals surface area contributed by atoms with Crippen molar-refractivity contribution in [3.63, 3.8) is 0 Å². The van der Waals surface area contributed by atoms with Gasteiger partial charge in [-0.25, -0.2) is 4.98 Å². The Bertz CT molecular complexity index is 1140. The molecule has 0 saturated heterocycles. The van der Waals surface area contributed by atoms with E-state index in [1.165, 1.54) is 0 Å². The topological polar surface area (TPSA) is 88.3 Å². The van der Waals surface area contributed by atoms with Crippen molar-refractivity contribution in [2.75, 3.05) is 12.8 Å². The number of pyridine rings is 1. The van der Waals surface area contributed by atoms with Crippen LogP contribution in [-0.4, -0.2) is 18.1 Å². The average molecular weight is 375 g/mol. The molecule has 2 aromatic heterocycles. The molecule has 2 heterocycles. The van der Waals surface area contributed by atoms with Crippen molar-refractivity contribution in [3.8, 4) is 28.1 Å². The van der Waals surface area contributed by atoms with Crippen LogP contribution in [0.5, 0.6) is 5.75 Å². The van der Waals surface area contributed by atoms with Crippen molar-refractivity contribution in [2.45, 2.75) is 0 Å². The fourth-order valence-electron chi connectivity index (χ4n) is 3.03. The highest BCUT2D eigenvalue weighted by Crippen LogP contribution is 2.41. The molecule has 2 N–H and O–H groups in total. The Labute approximate surface area is 159 Å². The van der Waals surface area contributed by atoms with Crippen molar-refractivity contribution in [1.29, 1.82) is 0 Å². The van der Waals surface area contributed by atoms with E-state index in [-0.39, 0.29) is 10.6 Å². The van der Waals surface area contributed by atoms with Crippen LogP contribution in [0.3, 0.4) is 0 Å². The second-order valence-corrected chi connectivity index (χ2v) is 6.96. The number of hydrogen-bond donors (Lipinski definition) is 1. The van der Waals surface area contributed by atoms with E-state index in [0.717, 1.165) is 39.5 Å². The maximum Gasteiger partial charge on any atom is 0.127 e. The zero-order valence-corrected chi connectivity index (χ0v) is 15.2. The summed E-state index contributed by atoms with van der Waals surface area (Å²) in [6.07, 6.45) is 0.